The summed E-state index contributed by atoms with van der Waals surface area (Å²) in [6.07, 6.45) is 2.18. The second kappa shape index (κ2) is 9.59. The standard InChI is InChI=1S/C17H20ClN3O4S/c1-10(2)5-6-25-13-4-3-11(7-12(13)18)9-19-21-17-20-16(24)14(26-17)8-15(22)23/h3-4,7,9-10,14H,5-6,8H2,1-2H3,(H,22,23)(H,20,21,24). The highest BCUT2D eigenvalue weighted by molar-refractivity contribution is 8.15. The van der Waals surface area contributed by atoms with Crippen LogP contribution >= 0.6 is 23.4 Å². The lowest BCUT2D eigenvalue weighted by molar-refractivity contribution is -0.138. The first-order chi connectivity index (χ1) is 12.3. The summed E-state index contributed by atoms with van der Waals surface area (Å²) in [4.78, 5) is 22.3. The molecular formula is C17H20ClN3O4S. The van der Waals surface area contributed by atoms with Crippen LogP contribution in [0.2, 0.25) is 5.02 Å². The average Bonchev–Trinajstić information content (AvgIpc) is 2.88. The Bertz CT molecular complexity index is 737. The van der Waals surface area contributed by atoms with E-state index in [1.165, 1.54) is 6.21 Å². The number of carbonyl (C=O) groups excluding carboxylic acids is 1. The fraction of sp³-hybridized carbons (Fsp3) is 0.412. The summed E-state index contributed by atoms with van der Waals surface area (Å²) in [7, 11) is 0. The Hall–Kier alpha value is -2.06. The number of hydrogen-bond acceptors (Lipinski definition) is 6. The molecule has 2 N–H and O–H groups in total. The molecule has 140 valence electrons. The third-order valence-corrected chi connectivity index (χ3v) is 4.77. The molecule has 1 heterocycles. The SMILES string of the molecule is CC(C)CCOc1ccc(C=NN=C2NC(=O)C(CC(=O)O)S2)cc1Cl. The van der Waals surface area contributed by atoms with Gasteiger partial charge in [-0.15, -0.1) is 5.10 Å². The van der Waals surface area contributed by atoms with E-state index in [2.05, 4.69) is 29.4 Å². The molecule has 1 aromatic rings. The molecule has 1 aromatic carbocycles. The molecule has 0 aromatic heterocycles. The van der Waals surface area contributed by atoms with Gasteiger partial charge in [0.1, 0.15) is 11.0 Å². The second-order valence-electron chi connectivity index (χ2n) is 6.06. The Balaban J connectivity index is 1.93. The summed E-state index contributed by atoms with van der Waals surface area (Å²) >= 11 is 7.25. The molecule has 0 radical (unpaired) electrons. The molecule has 1 fully saturated rings. The van der Waals surface area contributed by atoms with Crippen LogP contribution in [-0.4, -0.2) is 40.2 Å². The molecule has 1 unspecified atom stereocenters. The molecule has 0 bridgehead atoms. The van der Waals surface area contributed by atoms with Crippen LogP contribution in [0.5, 0.6) is 5.75 Å². The van der Waals surface area contributed by atoms with Gasteiger partial charge in [0.2, 0.25) is 5.91 Å². The van der Waals surface area contributed by atoms with E-state index in [1.54, 1.807) is 18.2 Å². The van der Waals surface area contributed by atoms with Gasteiger partial charge in [0.25, 0.3) is 0 Å². The minimum Gasteiger partial charge on any atom is -0.492 e. The largest absolute Gasteiger partial charge is 0.492 e. The molecule has 0 spiro atoms. The van der Waals surface area contributed by atoms with Crippen molar-refractivity contribution < 1.29 is 19.4 Å². The summed E-state index contributed by atoms with van der Waals surface area (Å²) in [5.74, 6) is -0.237. The minimum absolute atomic E-state index is 0.257. The van der Waals surface area contributed by atoms with Crippen LogP contribution in [0.1, 0.15) is 32.3 Å². The lowest BCUT2D eigenvalue weighted by Gasteiger charge is -2.09. The number of thioether (sulfide) groups is 1. The van der Waals surface area contributed by atoms with Crippen LogP contribution in [0.4, 0.5) is 0 Å². The topological polar surface area (TPSA) is 100 Å². The van der Waals surface area contributed by atoms with E-state index >= 15 is 0 Å². The number of amidine groups is 1. The number of nitrogens with one attached hydrogen (secondary N) is 1. The smallest absolute Gasteiger partial charge is 0.305 e. The van der Waals surface area contributed by atoms with Crippen molar-refractivity contribution >= 4 is 46.6 Å². The zero-order chi connectivity index (χ0) is 19.1. The maximum atomic E-state index is 11.6. The summed E-state index contributed by atoms with van der Waals surface area (Å²) in [6.45, 7) is 4.86. The highest BCUT2D eigenvalue weighted by Crippen LogP contribution is 2.25. The first kappa shape index (κ1) is 20.3. The molecule has 1 aliphatic heterocycles. The molecule has 7 nitrogen and oxygen atoms in total. The average molecular weight is 398 g/mol. The van der Waals surface area contributed by atoms with Gasteiger partial charge in [0.15, 0.2) is 5.17 Å². The van der Waals surface area contributed by atoms with E-state index in [1.807, 2.05) is 0 Å². The van der Waals surface area contributed by atoms with Gasteiger partial charge in [-0.05, 0) is 36.1 Å². The van der Waals surface area contributed by atoms with Crippen molar-refractivity contribution in [3.8, 4) is 5.75 Å². The van der Waals surface area contributed by atoms with Crippen LogP contribution in [0.3, 0.4) is 0 Å². The van der Waals surface area contributed by atoms with E-state index in [0.29, 0.717) is 23.3 Å². The number of carboxylic acid groups (broad SMARTS) is 1. The van der Waals surface area contributed by atoms with E-state index in [4.69, 9.17) is 21.4 Å². The summed E-state index contributed by atoms with van der Waals surface area (Å²) in [6, 6.07) is 5.28. The first-order valence-electron chi connectivity index (χ1n) is 8.08. The molecule has 1 saturated heterocycles. The van der Waals surface area contributed by atoms with Crippen LogP contribution in [-0.2, 0) is 9.59 Å². The number of hydrogen-bond donors (Lipinski definition) is 2. The van der Waals surface area contributed by atoms with Gasteiger partial charge in [-0.1, -0.05) is 37.2 Å². The molecule has 1 amide bonds. The fourth-order valence-electron chi connectivity index (χ4n) is 2.01. The van der Waals surface area contributed by atoms with Crippen molar-refractivity contribution in [2.45, 2.75) is 31.9 Å². The molecule has 26 heavy (non-hydrogen) atoms. The van der Waals surface area contributed by atoms with Gasteiger partial charge in [-0.2, -0.15) is 5.10 Å². The molecule has 1 aliphatic rings. The van der Waals surface area contributed by atoms with Gasteiger partial charge < -0.3 is 15.2 Å². The Labute approximate surface area is 160 Å². The third kappa shape index (κ3) is 6.34. The molecule has 2 rings (SSSR count). The van der Waals surface area contributed by atoms with Crippen molar-refractivity contribution in [1.82, 2.24) is 5.32 Å². The second-order valence-corrected chi connectivity index (χ2v) is 7.66. The number of carbonyl (C=O) groups is 2. The number of rotatable bonds is 8. The van der Waals surface area contributed by atoms with Crippen LogP contribution in [0, 0.1) is 5.92 Å². The van der Waals surface area contributed by atoms with E-state index in [9.17, 15) is 9.59 Å². The van der Waals surface area contributed by atoms with Crippen molar-refractivity contribution in [2.75, 3.05) is 6.61 Å². The first-order valence-corrected chi connectivity index (χ1v) is 9.33. The Morgan fingerprint density at radius 3 is 2.92 bits per heavy atom. The fourth-order valence-corrected chi connectivity index (χ4v) is 3.17. The van der Waals surface area contributed by atoms with Crippen LogP contribution in [0.25, 0.3) is 0 Å². The van der Waals surface area contributed by atoms with Gasteiger partial charge in [-0.25, -0.2) is 0 Å². The lowest BCUT2D eigenvalue weighted by Crippen LogP contribution is -2.26. The van der Waals surface area contributed by atoms with Gasteiger partial charge in [-0.3, -0.25) is 9.59 Å². The van der Waals surface area contributed by atoms with Crippen molar-refractivity contribution in [3.05, 3.63) is 28.8 Å². The molecular weight excluding hydrogens is 378 g/mol. The predicted octanol–water partition coefficient (Wildman–Crippen LogP) is 3.16. The molecule has 0 aliphatic carbocycles. The van der Waals surface area contributed by atoms with Gasteiger partial charge >= 0.3 is 5.97 Å². The maximum absolute atomic E-state index is 11.6. The monoisotopic (exact) mass is 397 g/mol. The number of ether oxygens (including phenoxy) is 1. The lowest BCUT2D eigenvalue weighted by atomic mass is 10.1. The van der Waals surface area contributed by atoms with E-state index < -0.39 is 11.2 Å². The summed E-state index contributed by atoms with van der Waals surface area (Å²) in [5, 5.41) is 19.1. The van der Waals surface area contributed by atoms with Gasteiger partial charge in [0.05, 0.1) is 24.3 Å². The summed E-state index contributed by atoms with van der Waals surface area (Å²) in [5.41, 5.74) is 0.729. The Morgan fingerprint density at radius 2 is 2.27 bits per heavy atom. The maximum Gasteiger partial charge on any atom is 0.305 e. The number of aliphatic carboxylic acids is 1. The number of halogens is 1. The van der Waals surface area contributed by atoms with Crippen molar-refractivity contribution in [1.29, 1.82) is 0 Å². The molecule has 9 heteroatoms. The highest BCUT2D eigenvalue weighted by atomic mass is 35.5. The highest BCUT2D eigenvalue weighted by Gasteiger charge is 2.32. The quantitative estimate of drug-likeness (QED) is 0.518. The van der Waals surface area contributed by atoms with E-state index in [0.717, 1.165) is 23.7 Å². The van der Waals surface area contributed by atoms with Crippen LogP contribution in [0.15, 0.2) is 28.4 Å². The number of benzene rings is 1. The number of nitrogens with zero attached hydrogens (tertiary/aromatic N) is 2. The van der Waals surface area contributed by atoms with Crippen LogP contribution < -0.4 is 10.1 Å². The third-order valence-electron chi connectivity index (χ3n) is 3.40. The summed E-state index contributed by atoms with van der Waals surface area (Å²) < 4.78 is 5.64. The minimum atomic E-state index is -1.03. The normalized spacial score (nSPS) is 18.7. The Morgan fingerprint density at radius 1 is 1.50 bits per heavy atom. The van der Waals surface area contributed by atoms with Gasteiger partial charge in [0, 0.05) is 0 Å². The zero-order valence-electron chi connectivity index (χ0n) is 14.4. The molecule has 0 saturated carbocycles. The molecule has 1 atom stereocenters. The predicted molar refractivity (Wildman–Crippen MR) is 103 cm³/mol. The van der Waals surface area contributed by atoms with Crippen molar-refractivity contribution in [3.63, 3.8) is 0 Å². The zero-order valence-corrected chi connectivity index (χ0v) is 16.0. The number of amides is 1. The van der Waals surface area contributed by atoms with E-state index in [-0.39, 0.29) is 17.5 Å². The van der Waals surface area contributed by atoms with Crippen molar-refractivity contribution in [2.24, 2.45) is 16.1 Å². The number of carboxylic acids is 1. The Kier molecular flexibility index (Phi) is 7.47.